The summed E-state index contributed by atoms with van der Waals surface area (Å²) in [5.74, 6) is 0.0510. The van der Waals surface area contributed by atoms with Crippen molar-refractivity contribution in [2.75, 3.05) is 5.32 Å². The van der Waals surface area contributed by atoms with Gasteiger partial charge in [-0.25, -0.2) is 4.79 Å². The first kappa shape index (κ1) is 13.2. The second kappa shape index (κ2) is 5.17. The fraction of sp³-hybridized carbons (Fsp3) is 0.385. The molecule has 2 N–H and O–H groups in total. The summed E-state index contributed by atoms with van der Waals surface area (Å²) in [4.78, 5) is 10.9. The number of carbonyl (C=O) groups is 1. The number of carboxylic acid groups (broad SMARTS) is 1. The van der Waals surface area contributed by atoms with E-state index in [0.29, 0.717) is 18.1 Å². The molecule has 0 fully saturated rings. The van der Waals surface area contributed by atoms with Crippen LogP contribution in [0.15, 0.2) is 16.7 Å². The van der Waals surface area contributed by atoms with Crippen molar-refractivity contribution in [3.05, 3.63) is 35.0 Å². The van der Waals surface area contributed by atoms with E-state index < -0.39 is 5.97 Å². The lowest BCUT2D eigenvalue weighted by atomic mass is 10.2. The zero-order valence-electron chi connectivity index (χ0n) is 11.2. The van der Waals surface area contributed by atoms with Gasteiger partial charge >= 0.3 is 5.97 Å². The van der Waals surface area contributed by atoms with E-state index in [9.17, 15) is 4.79 Å². The second-order valence-corrected chi connectivity index (χ2v) is 4.36. The van der Waals surface area contributed by atoms with Gasteiger partial charge in [-0.2, -0.15) is 5.10 Å². The van der Waals surface area contributed by atoms with E-state index in [0.717, 1.165) is 17.8 Å². The highest BCUT2D eigenvalue weighted by atomic mass is 16.4. The van der Waals surface area contributed by atoms with Crippen LogP contribution in [0.1, 0.15) is 34.5 Å². The van der Waals surface area contributed by atoms with Gasteiger partial charge in [0.2, 0.25) is 0 Å². The molecular weight excluding hydrogens is 246 g/mol. The highest BCUT2D eigenvalue weighted by molar-refractivity contribution is 5.88. The molecule has 6 nitrogen and oxygen atoms in total. The molecule has 0 unspecified atom stereocenters. The van der Waals surface area contributed by atoms with Crippen LogP contribution in [0, 0.1) is 6.92 Å². The average molecular weight is 263 g/mol. The average Bonchev–Trinajstić information content (AvgIpc) is 2.89. The molecule has 2 rings (SSSR count). The van der Waals surface area contributed by atoms with Crippen LogP contribution in [0.25, 0.3) is 0 Å². The Balaban J connectivity index is 2.10. The largest absolute Gasteiger partial charge is 0.478 e. The highest BCUT2D eigenvalue weighted by Gasteiger charge is 2.14. The standard InChI is InChI=1S/C13H17N3O3/c1-4-11-12(7-16(3)15-11)14-6-9-5-10(13(17)18)8(2)19-9/h5,7,14H,4,6H2,1-3H3,(H,17,18). The Morgan fingerprint density at radius 3 is 2.89 bits per heavy atom. The second-order valence-electron chi connectivity index (χ2n) is 4.36. The van der Waals surface area contributed by atoms with E-state index in [1.807, 2.05) is 20.2 Å². The number of carboxylic acids is 1. The Morgan fingerprint density at radius 2 is 2.32 bits per heavy atom. The van der Waals surface area contributed by atoms with E-state index in [-0.39, 0.29) is 5.56 Å². The Hall–Kier alpha value is -2.24. The van der Waals surface area contributed by atoms with Crippen LogP contribution in [0.4, 0.5) is 5.69 Å². The van der Waals surface area contributed by atoms with E-state index in [1.165, 1.54) is 0 Å². The molecule has 0 atom stereocenters. The van der Waals surface area contributed by atoms with E-state index in [1.54, 1.807) is 17.7 Å². The van der Waals surface area contributed by atoms with Crippen LogP contribution < -0.4 is 5.32 Å². The minimum absolute atomic E-state index is 0.207. The van der Waals surface area contributed by atoms with Crippen LogP contribution in [0.3, 0.4) is 0 Å². The summed E-state index contributed by atoms with van der Waals surface area (Å²) in [5, 5.41) is 16.5. The topological polar surface area (TPSA) is 80.3 Å². The van der Waals surface area contributed by atoms with Gasteiger partial charge in [-0.1, -0.05) is 6.92 Å². The lowest BCUT2D eigenvalue weighted by Gasteiger charge is -2.02. The van der Waals surface area contributed by atoms with Crippen molar-refractivity contribution >= 4 is 11.7 Å². The van der Waals surface area contributed by atoms with Crippen molar-refractivity contribution in [3.63, 3.8) is 0 Å². The molecule has 0 radical (unpaired) electrons. The Labute approximate surface area is 111 Å². The van der Waals surface area contributed by atoms with Crippen molar-refractivity contribution in [1.82, 2.24) is 9.78 Å². The number of nitrogens with zero attached hydrogens (tertiary/aromatic N) is 2. The molecule has 2 aromatic heterocycles. The molecule has 0 saturated heterocycles. The molecule has 0 bridgehead atoms. The normalized spacial score (nSPS) is 10.7. The predicted octanol–water partition coefficient (Wildman–Crippen LogP) is 2.19. The Morgan fingerprint density at radius 1 is 1.58 bits per heavy atom. The maximum absolute atomic E-state index is 10.9. The maximum Gasteiger partial charge on any atom is 0.339 e. The molecule has 0 amide bonds. The first-order chi connectivity index (χ1) is 9.01. The maximum atomic E-state index is 10.9. The summed E-state index contributed by atoms with van der Waals surface area (Å²) in [5.41, 5.74) is 2.12. The Kier molecular flexibility index (Phi) is 3.59. The number of aromatic nitrogens is 2. The molecular formula is C13H17N3O3. The number of hydrogen-bond acceptors (Lipinski definition) is 4. The zero-order chi connectivity index (χ0) is 14.0. The van der Waals surface area contributed by atoms with Gasteiger partial charge in [0.05, 0.1) is 17.9 Å². The smallest absolute Gasteiger partial charge is 0.339 e. The molecule has 0 saturated carbocycles. The van der Waals surface area contributed by atoms with Crippen LogP contribution in [-0.4, -0.2) is 20.9 Å². The molecule has 0 aliphatic rings. The van der Waals surface area contributed by atoms with Crippen LogP contribution in [-0.2, 0) is 20.0 Å². The lowest BCUT2D eigenvalue weighted by Crippen LogP contribution is -2.00. The molecule has 2 aromatic rings. The van der Waals surface area contributed by atoms with Gasteiger partial charge < -0.3 is 14.8 Å². The number of hydrogen-bond donors (Lipinski definition) is 2. The molecule has 0 spiro atoms. The first-order valence-corrected chi connectivity index (χ1v) is 6.10. The van der Waals surface area contributed by atoms with Gasteiger partial charge in [0.25, 0.3) is 0 Å². The third-order valence-corrected chi connectivity index (χ3v) is 2.89. The molecule has 6 heteroatoms. The van der Waals surface area contributed by atoms with E-state index in [4.69, 9.17) is 9.52 Å². The molecule has 0 aliphatic carbocycles. The third kappa shape index (κ3) is 2.78. The number of nitrogens with one attached hydrogen (secondary N) is 1. The molecule has 2 heterocycles. The van der Waals surface area contributed by atoms with Crippen LogP contribution in [0.2, 0.25) is 0 Å². The van der Waals surface area contributed by atoms with Gasteiger partial charge in [-0.3, -0.25) is 4.68 Å². The number of anilines is 1. The number of aryl methyl sites for hydroxylation is 3. The summed E-state index contributed by atoms with van der Waals surface area (Å²) < 4.78 is 7.15. The molecule has 0 aliphatic heterocycles. The molecule has 0 aromatic carbocycles. The fourth-order valence-corrected chi connectivity index (χ4v) is 1.97. The number of aromatic carboxylic acids is 1. The first-order valence-electron chi connectivity index (χ1n) is 6.10. The van der Waals surface area contributed by atoms with Crippen molar-refractivity contribution in [2.24, 2.45) is 7.05 Å². The predicted molar refractivity (Wildman–Crippen MR) is 70.3 cm³/mol. The summed E-state index contributed by atoms with van der Waals surface area (Å²) in [6, 6.07) is 1.55. The summed E-state index contributed by atoms with van der Waals surface area (Å²) >= 11 is 0. The van der Waals surface area contributed by atoms with Gasteiger partial charge in [-0.05, 0) is 19.4 Å². The summed E-state index contributed by atoms with van der Waals surface area (Å²) in [7, 11) is 1.86. The molecule has 19 heavy (non-hydrogen) atoms. The third-order valence-electron chi connectivity index (χ3n) is 2.89. The van der Waals surface area contributed by atoms with E-state index in [2.05, 4.69) is 10.4 Å². The van der Waals surface area contributed by atoms with Gasteiger partial charge in [0.15, 0.2) is 0 Å². The van der Waals surface area contributed by atoms with Crippen molar-refractivity contribution in [1.29, 1.82) is 0 Å². The van der Waals surface area contributed by atoms with Gasteiger partial charge in [0, 0.05) is 13.2 Å². The Bertz CT molecular complexity index is 598. The minimum Gasteiger partial charge on any atom is -0.478 e. The van der Waals surface area contributed by atoms with Crippen molar-refractivity contribution in [3.8, 4) is 0 Å². The van der Waals surface area contributed by atoms with E-state index >= 15 is 0 Å². The van der Waals surface area contributed by atoms with Gasteiger partial charge in [-0.15, -0.1) is 0 Å². The van der Waals surface area contributed by atoms with Gasteiger partial charge in [0.1, 0.15) is 17.1 Å². The highest BCUT2D eigenvalue weighted by Crippen LogP contribution is 2.18. The summed E-state index contributed by atoms with van der Waals surface area (Å²) in [6.07, 6.45) is 2.73. The van der Waals surface area contributed by atoms with Crippen molar-refractivity contribution < 1.29 is 14.3 Å². The van der Waals surface area contributed by atoms with Crippen LogP contribution >= 0.6 is 0 Å². The lowest BCUT2D eigenvalue weighted by molar-refractivity contribution is 0.0695. The fourth-order valence-electron chi connectivity index (χ4n) is 1.97. The summed E-state index contributed by atoms with van der Waals surface area (Å²) in [6.45, 7) is 4.12. The SMILES string of the molecule is CCc1nn(C)cc1NCc1cc(C(=O)O)c(C)o1. The number of rotatable bonds is 5. The van der Waals surface area contributed by atoms with Crippen molar-refractivity contribution in [2.45, 2.75) is 26.8 Å². The number of furan rings is 1. The quantitative estimate of drug-likeness (QED) is 0.864. The van der Waals surface area contributed by atoms with Crippen LogP contribution in [0.5, 0.6) is 0 Å². The minimum atomic E-state index is -0.969. The molecule has 102 valence electrons. The zero-order valence-corrected chi connectivity index (χ0v) is 11.2. The monoisotopic (exact) mass is 263 g/mol.